The SMILES string of the molecule is O=C1c2cn(C3=CC=C(N4CC[C@H](F)C4)NN3)nc2CN1c1cccnc1. The van der Waals surface area contributed by atoms with E-state index in [0.717, 1.165) is 17.2 Å². The number of carbonyl (C=O) groups excluding carboxylic acids is 1. The molecule has 3 aliphatic heterocycles. The molecule has 9 heteroatoms. The molecule has 138 valence electrons. The minimum atomic E-state index is -0.777. The number of allylic oxidation sites excluding steroid dienone is 2. The second-order valence-corrected chi connectivity index (χ2v) is 6.72. The zero-order valence-corrected chi connectivity index (χ0v) is 14.5. The van der Waals surface area contributed by atoms with Gasteiger partial charge in [0.25, 0.3) is 5.91 Å². The lowest BCUT2D eigenvalue weighted by Crippen LogP contribution is -2.41. The maximum absolute atomic E-state index is 13.4. The van der Waals surface area contributed by atoms with Crippen LogP contribution in [0.25, 0.3) is 5.82 Å². The van der Waals surface area contributed by atoms with E-state index in [2.05, 4.69) is 20.9 Å². The fraction of sp³-hybridized carbons (Fsp3) is 0.278. The molecular formula is C18H18FN7O. The Bertz CT molecular complexity index is 952. The zero-order chi connectivity index (χ0) is 18.4. The van der Waals surface area contributed by atoms with Crippen LogP contribution in [0.15, 0.2) is 48.7 Å². The summed E-state index contributed by atoms with van der Waals surface area (Å²) in [6, 6.07) is 3.66. The number of nitrogens with one attached hydrogen (secondary N) is 2. The van der Waals surface area contributed by atoms with Crippen LogP contribution in [-0.4, -0.2) is 44.8 Å². The first-order valence-corrected chi connectivity index (χ1v) is 8.83. The topological polar surface area (TPSA) is 78.3 Å². The number of nitrogens with zero attached hydrogens (tertiary/aromatic N) is 5. The summed E-state index contributed by atoms with van der Waals surface area (Å²) >= 11 is 0. The normalized spacial score (nSPS) is 21.5. The van der Waals surface area contributed by atoms with Crippen molar-refractivity contribution in [2.45, 2.75) is 19.1 Å². The van der Waals surface area contributed by atoms with E-state index in [-0.39, 0.29) is 5.91 Å². The van der Waals surface area contributed by atoms with E-state index in [1.807, 2.05) is 23.1 Å². The monoisotopic (exact) mass is 367 g/mol. The summed E-state index contributed by atoms with van der Waals surface area (Å²) in [5, 5.41) is 4.54. The maximum atomic E-state index is 13.4. The second-order valence-electron chi connectivity index (χ2n) is 6.72. The van der Waals surface area contributed by atoms with E-state index < -0.39 is 6.17 Å². The highest BCUT2D eigenvalue weighted by atomic mass is 19.1. The molecule has 0 bridgehead atoms. The molecule has 2 N–H and O–H groups in total. The number of rotatable bonds is 3. The molecule has 5 rings (SSSR count). The Morgan fingerprint density at radius 2 is 2.07 bits per heavy atom. The number of likely N-dealkylation sites (tertiary alicyclic amines) is 1. The standard InChI is InChI=1S/C18H18FN7O/c19-12-5-7-24(9-12)16-3-4-17(22-21-16)26-10-14-15(23-26)11-25(18(14)27)13-2-1-6-20-8-13/h1-4,6,8,10,12,21-22H,5,7,9,11H2/t12-/m0/s1. The van der Waals surface area contributed by atoms with Crippen LogP contribution in [0.4, 0.5) is 10.1 Å². The van der Waals surface area contributed by atoms with Gasteiger partial charge >= 0.3 is 0 Å². The first-order chi connectivity index (χ1) is 13.2. The number of halogens is 1. The number of alkyl halides is 1. The molecule has 0 aliphatic carbocycles. The second kappa shape index (κ2) is 6.11. The lowest BCUT2D eigenvalue weighted by atomic mass is 10.3. The third kappa shape index (κ3) is 2.71. The fourth-order valence-corrected chi connectivity index (χ4v) is 3.54. The predicted molar refractivity (Wildman–Crippen MR) is 96.7 cm³/mol. The van der Waals surface area contributed by atoms with Crippen molar-refractivity contribution in [3.05, 3.63) is 60.0 Å². The number of carbonyl (C=O) groups is 1. The van der Waals surface area contributed by atoms with Crippen LogP contribution >= 0.6 is 0 Å². The largest absolute Gasteiger partial charge is 0.354 e. The number of pyridine rings is 1. The molecule has 0 unspecified atom stereocenters. The first kappa shape index (κ1) is 15.9. The van der Waals surface area contributed by atoms with E-state index in [1.165, 1.54) is 0 Å². The summed E-state index contributed by atoms with van der Waals surface area (Å²) in [6.45, 7) is 1.51. The van der Waals surface area contributed by atoms with Gasteiger partial charge in [0, 0.05) is 18.9 Å². The molecule has 0 saturated carbocycles. The number of hydrazine groups is 1. The molecule has 2 aromatic heterocycles. The van der Waals surface area contributed by atoms with Crippen molar-refractivity contribution >= 4 is 17.4 Å². The Morgan fingerprint density at radius 3 is 2.74 bits per heavy atom. The number of amides is 1. The lowest BCUT2D eigenvalue weighted by Gasteiger charge is -2.26. The fourth-order valence-electron chi connectivity index (χ4n) is 3.54. The van der Waals surface area contributed by atoms with E-state index in [9.17, 15) is 9.18 Å². The van der Waals surface area contributed by atoms with Gasteiger partial charge < -0.3 is 9.80 Å². The van der Waals surface area contributed by atoms with Crippen molar-refractivity contribution in [2.24, 2.45) is 0 Å². The smallest absolute Gasteiger partial charge is 0.262 e. The quantitative estimate of drug-likeness (QED) is 0.850. The first-order valence-electron chi connectivity index (χ1n) is 8.83. The Kier molecular flexibility index (Phi) is 3.59. The molecular weight excluding hydrogens is 349 g/mol. The van der Waals surface area contributed by atoms with Crippen molar-refractivity contribution in [1.82, 2.24) is 30.5 Å². The van der Waals surface area contributed by atoms with Crippen molar-refractivity contribution in [2.75, 3.05) is 18.0 Å². The summed E-state index contributed by atoms with van der Waals surface area (Å²) in [7, 11) is 0. The molecule has 2 aromatic rings. The molecule has 1 atom stereocenters. The number of fused-ring (bicyclic) bond motifs is 1. The van der Waals surface area contributed by atoms with Crippen LogP contribution in [0, 0.1) is 0 Å². The van der Waals surface area contributed by atoms with Gasteiger partial charge in [0.05, 0.1) is 36.2 Å². The highest BCUT2D eigenvalue weighted by Gasteiger charge is 2.32. The van der Waals surface area contributed by atoms with Crippen LogP contribution in [0.1, 0.15) is 22.5 Å². The Morgan fingerprint density at radius 1 is 1.22 bits per heavy atom. The molecule has 1 amide bonds. The average Bonchev–Trinajstić information content (AvgIpc) is 3.39. The number of anilines is 1. The van der Waals surface area contributed by atoms with Gasteiger partial charge in [-0.1, -0.05) is 0 Å². The van der Waals surface area contributed by atoms with Gasteiger partial charge in [-0.3, -0.25) is 20.6 Å². The van der Waals surface area contributed by atoms with Gasteiger partial charge in [0.15, 0.2) is 0 Å². The summed E-state index contributed by atoms with van der Waals surface area (Å²) in [5.74, 6) is 1.44. The molecule has 0 spiro atoms. The van der Waals surface area contributed by atoms with Crippen LogP contribution in [0.5, 0.6) is 0 Å². The highest BCUT2D eigenvalue weighted by molar-refractivity contribution is 6.09. The van der Waals surface area contributed by atoms with Crippen molar-refractivity contribution < 1.29 is 9.18 Å². The van der Waals surface area contributed by atoms with Crippen LogP contribution < -0.4 is 15.8 Å². The lowest BCUT2D eigenvalue weighted by molar-refractivity contribution is 0.0996. The van der Waals surface area contributed by atoms with E-state index >= 15 is 0 Å². The minimum Gasteiger partial charge on any atom is -0.354 e. The van der Waals surface area contributed by atoms with E-state index in [1.54, 1.807) is 34.2 Å². The molecule has 0 radical (unpaired) electrons. The summed E-state index contributed by atoms with van der Waals surface area (Å²) in [4.78, 5) is 20.4. The third-order valence-electron chi connectivity index (χ3n) is 4.97. The summed E-state index contributed by atoms with van der Waals surface area (Å²) in [6.07, 6.45) is 8.59. The van der Waals surface area contributed by atoms with Crippen molar-refractivity contribution in [1.29, 1.82) is 0 Å². The van der Waals surface area contributed by atoms with Gasteiger partial charge in [-0.25, -0.2) is 9.07 Å². The number of aromatic nitrogens is 3. The van der Waals surface area contributed by atoms with Crippen LogP contribution in [0.2, 0.25) is 0 Å². The number of hydrogen-bond acceptors (Lipinski definition) is 6. The zero-order valence-electron chi connectivity index (χ0n) is 14.5. The Hall–Kier alpha value is -3.36. The van der Waals surface area contributed by atoms with Gasteiger partial charge in [0.1, 0.15) is 17.8 Å². The van der Waals surface area contributed by atoms with E-state index in [0.29, 0.717) is 37.4 Å². The van der Waals surface area contributed by atoms with Crippen molar-refractivity contribution in [3.63, 3.8) is 0 Å². The maximum Gasteiger partial charge on any atom is 0.262 e. The predicted octanol–water partition coefficient (Wildman–Crippen LogP) is 1.23. The van der Waals surface area contributed by atoms with Crippen LogP contribution in [-0.2, 0) is 6.54 Å². The molecule has 5 heterocycles. The molecule has 27 heavy (non-hydrogen) atoms. The molecule has 8 nitrogen and oxygen atoms in total. The molecule has 0 aromatic carbocycles. The summed E-state index contributed by atoms with van der Waals surface area (Å²) < 4.78 is 15.0. The average molecular weight is 367 g/mol. The van der Waals surface area contributed by atoms with Gasteiger partial charge in [-0.2, -0.15) is 5.10 Å². The van der Waals surface area contributed by atoms with Crippen molar-refractivity contribution in [3.8, 4) is 0 Å². The minimum absolute atomic E-state index is 0.0871. The summed E-state index contributed by atoms with van der Waals surface area (Å²) in [5.41, 5.74) is 8.21. The molecule has 3 aliphatic rings. The Balaban J connectivity index is 1.35. The molecule has 1 saturated heterocycles. The van der Waals surface area contributed by atoms with Crippen LogP contribution in [0.3, 0.4) is 0 Å². The number of hydrogen-bond donors (Lipinski definition) is 2. The van der Waals surface area contributed by atoms with Gasteiger partial charge in [-0.05, 0) is 30.7 Å². The van der Waals surface area contributed by atoms with E-state index in [4.69, 9.17) is 0 Å². The molecule has 1 fully saturated rings. The van der Waals surface area contributed by atoms with Gasteiger partial charge in [0.2, 0.25) is 0 Å². The Labute approximate surface area is 154 Å². The third-order valence-corrected chi connectivity index (χ3v) is 4.97. The van der Waals surface area contributed by atoms with Gasteiger partial charge in [-0.15, -0.1) is 0 Å². The highest BCUT2D eigenvalue weighted by Crippen LogP contribution is 2.27.